The highest BCUT2D eigenvalue weighted by molar-refractivity contribution is 8.00. The Morgan fingerprint density at radius 3 is 2.76 bits per heavy atom. The minimum atomic E-state index is -0.00918. The number of carbonyl (C=O) groups is 1. The van der Waals surface area contributed by atoms with Crippen LogP contribution in [0.15, 0.2) is 18.2 Å². The second kappa shape index (κ2) is 8.14. The fourth-order valence-corrected chi connectivity index (χ4v) is 3.28. The van der Waals surface area contributed by atoms with E-state index in [4.69, 9.17) is 9.47 Å². The van der Waals surface area contributed by atoms with E-state index in [9.17, 15) is 4.79 Å². The van der Waals surface area contributed by atoms with Crippen LogP contribution >= 0.6 is 11.8 Å². The van der Waals surface area contributed by atoms with Crippen molar-refractivity contribution in [2.24, 2.45) is 0 Å². The first-order valence-electron chi connectivity index (χ1n) is 7.07. The molecular weight excluding hydrogens is 288 g/mol. The standard InChI is InChI=1S/C15H22N2O3S/c1-19-11-3-4-14(20-2)13(9-11)17-15(18)10-21-12-5-7-16-8-6-12/h3-4,9,12,16H,5-8,10H2,1-2H3,(H,17,18). The number of hydrogen-bond acceptors (Lipinski definition) is 5. The van der Waals surface area contributed by atoms with Gasteiger partial charge >= 0.3 is 0 Å². The number of thioether (sulfide) groups is 1. The zero-order valence-corrected chi connectivity index (χ0v) is 13.3. The van der Waals surface area contributed by atoms with E-state index in [1.807, 2.05) is 0 Å². The number of hydrogen-bond donors (Lipinski definition) is 2. The number of amides is 1. The first-order valence-corrected chi connectivity index (χ1v) is 8.12. The lowest BCUT2D eigenvalue weighted by molar-refractivity contribution is -0.113. The predicted octanol–water partition coefficient (Wildman–Crippen LogP) is 2.13. The molecule has 1 aliphatic heterocycles. The minimum absolute atomic E-state index is 0.00918. The summed E-state index contributed by atoms with van der Waals surface area (Å²) in [5, 5.41) is 6.79. The van der Waals surface area contributed by atoms with Gasteiger partial charge in [-0.05, 0) is 38.1 Å². The van der Waals surface area contributed by atoms with Gasteiger partial charge in [0.1, 0.15) is 11.5 Å². The van der Waals surface area contributed by atoms with Crippen molar-refractivity contribution in [3.8, 4) is 11.5 Å². The zero-order valence-electron chi connectivity index (χ0n) is 12.5. The van der Waals surface area contributed by atoms with Crippen LogP contribution in [0.3, 0.4) is 0 Å². The van der Waals surface area contributed by atoms with Crippen LogP contribution in [0.5, 0.6) is 11.5 Å². The molecule has 1 aliphatic rings. The van der Waals surface area contributed by atoms with Crippen LogP contribution < -0.4 is 20.1 Å². The number of anilines is 1. The Bertz CT molecular complexity index is 476. The van der Waals surface area contributed by atoms with Gasteiger partial charge in [-0.3, -0.25) is 4.79 Å². The summed E-state index contributed by atoms with van der Waals surface area (Å²) in [7, 11) is 3.18. The summed E-state index contributed by atoms with van der Waals surface area (Å²) < 4.78 is 10.4. The fourth-order valence-electron chi connectivity index (χ4n) is 2.25. The highest BCUT2D eigenvalue weighted by Crippen LogP contribution is 2.29. The van der Waals surface area contributed by atoms with E-state index in [1.54, 1.807) is 44.2 Å². The minimum Gasteiger partial charge on any atom is -0.497 e. The molecule has 1 heterocycles. The lowest BCUT2D eigenvalue weighted by Crippen LogP contribution is -2.30. The van der Waals surface area contributed by atoms with E-state index >= 15 is 0 Å². The number of carbonyl (C=O) groups excluding carboxylic acids is 1. The van der Waals surface area contributed by atoms with E-state index in [2.05, 4.69) is 10.6 Å². The topological polar surface area (TPSA) is 59.6 Å². The van der Waals surface area contributed by atoms with Crippen LogP contribution in [0.4, 0.5) is 5.69 Å². The Morgan fingerprint density at radius 1 is 1.33 bits per heavy atom. The van der Waals surface area contributed by atoms with Crippen molar-refractivity contribution in [2.45, 2.75) is 18.1 Å². The first-order chi connectivity index (χ1) is 10.2. The molecule has 1 amide bonds. The van der Waals surface area contributed by atoms with Gasteiger partial charge in [0.25, 0.3) is 0 Å². The van der Waals surface area contributed by atoms with E-state index in [0.29, 0.717) is 28.2 Å². The number of methoxy groups -OCH3 is 2. The summed E-state index contributed by atoms with van der Waals surface area (Å²) in [5.74, 6) is 1.78. The Kier molecular flexibility index (Phi) is 6.20. The molecule has 5 nitrogen and oxygen atoms in total. The third-order valence-corrected chi connectivity index (χ3v) is 4.79. The maximum absolute atomic E-state index is 12.1. The Morgan fingerprint density at radius 2 is 2.10 bits per heavy atom. The van der Waals surface area contributed by atoms with Gasteiger partial charge in [-0.25, -0.2) is 0 Å². The maximum atomic E-state index is 12.1. The third kappa shape index (κ3) is 4.82. The molecule has 0 radical (unpaired) electrons. The molecule has 1 fully saturated rings. The molecule has 2 N–H and O–H groups in total. The molecule has 116 valence electrons. The van der Waals surface area contributed by atoms with Crippen molar-refractivity contribution in [3.63, 3.8) is 0 Å². The highest BCUT2D eigenvalue weighted by atomic mass is 32.2. The molecule has 0 bridgehead atoms. The van der Waals surface area contributed by atoms with Crippen LogP contribution in [0.1, 0.15) is 12.8 Å². The maximum Gasteiger partial charge on any atom is 0.234 e. The van der Waals surface area contributed by atoms with Gasteiger partial charge in [0.05, 0.1) is 25.7 Å². The number of ether oxygens (including phenoxy) is 2. The molecule has 21 heavy (non-hydrogen) atoms. The second-order valence-corrected chi connectivity index (χ2v) is 6.16. The Labute approximate surface area is 129 Å². The summed E-state index contributed by atoms with van der Waals surface area (Å²) in [6.45, 7) is 2.09. The first kappa shape index (κ1) is 16.0. The number of nitrogens with one attached hydrogen (secondary N) is 2. The average Bonchev–Trinajstić information content (AvgIpc) is 2.54. The van der Waals surface area contributed by atoms with Crippen LogP contribution in [0.2, 0.25) is 0 Å². The molecule has 0 aliphatic carbocycles. The van der Waals surface area contributed by atoms with Crippen LogP contribution in [0.25, 0.3) is 0 Å². The third-order valence-electron chi connectivity index (χ3n) is 3.42. The van der Waals surface area contributed by atoms with Crippen molar-refractivity contribution >= 4 is 23.4 Å². The smallest absolute Gasteiger partial charge is 0.234 e. The quantitative estimate of drug-likeness (QED) is 0.843. The summed E-state index contributed by atoms with van der Waals surface area (Å²) in [5.41, 5.74) is 0.646. The molecule has 0 saturated carbocycles. The highest BCUT2D eigenvalue weighted by Gasteiger charge is 2.16. The van der Waals surface area contributed by atoms with Crippen LogP contribution in [0, 0.1) is 0 Å². The normalized spacial score (nSPS) is 15.5. The van der Waals surface area contributed by atoms with E-state index in [1.165, 1.54) is 0 Å². The molecule has 2 rings (SSSR count). The average molecular weight is 310 g/mol. The largest absolute Gasteiger partial charge is 0.497 e. The molecule has 1 aromatic carbocycles. The van der Waals surface area contributed by atoms with Gasteiger partial charge in [-0.1, -0.05) is 0 Å². The molecule has 0 aromatic heterocycles. The van der Waals surface area contributed by atoms with Crippen LogP contribution in [-0.2, 0) is 4.79 Å². The fraction of sp³-hybridized carbons (Fsp3) is 0.533. The lowest BCUT2D eigenvalue weighted by atomic mass is 10.2. The molecule has 6 heteroatoms. The predicted molar refractivity (Wildman–Crippen MR) is 86.5 cm³/mol. The Hall–Kier alpha value is -1.40. The van der Waals surface area contributed by atoms with Gasteiger partial charge < -0.3 is 20.1 Å². The molecule has 0 atom stereocenters. The van der Waals surface area contributed by atoms with E-state index in [-0.39, 0.29) is 5.91 Å². The molecule has 1 aromatic rings. The summed E-state index contributed by atoms with van der Waals surface area (Å²) in [6, 6.07) is 5.36. The second-order valence-electron chi connectivity index (χ2n) is 4.87. The molecular formula is C15H22N2O3S. The zero-order chi connectivity index (χ0) is 15.1. The van der Waals surface area contributed by atoms with Crippen LogP contribution in [-0.4, -0.2) is 44.2 Å². The summed E-state index contributed by atoms with van der Waals surface area (Å²) in [6.07, 6.45) is 2.25. The van der Waals surface area contributed by atoms with Gasteiger partial charge in [0, 0.05) is 11.3 Å². The van der Waals surface area contributed by atoms with Crippen molar-refractivity contribution in [1.82, 2.24) is 5.32 Å². The summed E-state index contributed by atoms with van der Waals surface area (Å²) >= 11 is 1.72. The SMILES string of the molecule is COc1ccc(OC)c(NC(=O)CSC2CCNCC2)c1. The number of rotatable bonds is 6. The number of benzene rings is 1. The van der Waals surface area contributed by atoms with Gasteiger partial charge in [-0.15, -0.1) is 11.8 Å². The van der Waals surface area contributed by atoms with E-state index < -0.39 is 0 Å². The van der Waals surface area contributed by atoms with E-state index in [0.717, 1.165) is 25.9 Å². The molecule has 0 spiro atoms. The van der Waals surface area contributed by atoms with Crippen molar-refractivity contribution < 1.29 is 14.3 Å². The summed E-state index contributed by atoms with van der Waals surface area (Å²) in [4.78, 5) is 12.1. The van der Waals surface area contributed by atoms with Gasteiger partial charge in [0.2, 0.25) is 5.91 Å². The molecule has 0 unspecified atom stereocenters. The van der Waals surface area contributed by atoms with Gasteiger partial charge in [0.15, 0.2) is 0 Å². The lowest BCUT2D eigenvalue weighted by Gasteiger charge is -2.21. The van der Waals surface area contributed by atoms with Crippen molar-refractivity contribution in [1.29, 1.82) is 0 Å². The van der Waals surface area contributed by atoms with Gasteiger partial charge in [-0.2, -0.15) is 0 Å². The monoisotopic (exact) mass is 310 g/mol. The van der Waals surface area contributed by atoms with Crippen molar-refractivity contribution in [3.05, 3.63) is 18.2 Å². The Balaban J connectivity index is 1.89. The van der Waals surface area contributed by atoms with Crippen molar-refractivity contribution in [2.75, 3.05) is 38.4 Å². The molecule has 1 saturated heterocycles. The number of piperidine rings is 1.